The Bertz CT molecular complexity index is 475. The highest BCUT2D eigenvalue weighted by atomic mass is 16.4. The summed E-state index contributed by atoms with van der Waals surface area (Å²) < 4.78 is 6.67. The van der Waals surface area contributed by atoms with E-state index < -0.39 is 0 Å². The number of oxazole rings is 1. The molecule has 2 heterocycles. The molecule has 2 aromatic rings. The van der Waals surface area contributed by atoms with Gasteiger partial charge in [-0.25, -0.2) is 14.8 Å². The summed E-state index contributed by atoms with van der Waals surface area (Å²) >= 11 is 0. The van der Waals surface area contributed by atoms with Crippen LogP contribution in [-0.4, -0.2) is 20.6 Å². The molecule has 0 aromatic carbocycles. The fraction of sp³-hybridized carbons (Fsp3) is 0.300. The molecule has 0 saturated carbocycles. The van der Waals surface area contributed by atoms with Gasteiger partial charge in [-0.15, -0.1) is 0 Å². The van der Waals surface area contributed by atoms with Crippen molar-refractivity contribution in [2.75, 3.05) is 0 Å². The van der Waals surface area contributed by atoms with E-state index in [2.05, 4.69) is 15.3 Å². The van der Waals surface area contributed by atoms with Crippen LogP contribution in [0.15, 0.2) is 29.3 Å². The van der Waals surface area contributed by atoms with E-state index in [1.807, 2.05) is 0 Å². The molecule has 0 bridgehead atoms. The molecule has 1 atom stereocenters. The predicted octanol–water partition coefficient (Wildman–Crippen LogP) is 1.50. The summed E-state index contributed by atoms with van der Waals surface area (Å²) in [4.78, 5) is 19.5. The zero-order valence-corrected chi connectivity index (χ0v) is 9.04. The van der Waals surface area contributed by atoms with Gasteiger partial charge in [0.1, 0.15) is 18.1 Å². The van der Waals surface area contributed by atoms with E-state index in [0.717, 1.165) is 5.76 Å². The van der Waals surface area contributed by atoms with E-state index in [1.165, 1.54) is 10.9 Å². The Kier molecular flexibility index (Phi) is 2.72. The Morgan fingerprint density at radius 3 is 3.00 bits per heavy atom. The molecule has 2 aromatic heterocycles. The Morgan fingerprint density at radius 1 is 1.62 bits per heavy atom. The Labute approximate surface area is 92.3 Å². The van der Waals surface area contributed by atoms with Crippen LogP contribution in [0.5, 0.6) is 0 Å². The average molecular weight is 220 g/mol. The Hall–Kier alpha value is -2.11. The number of hydrogen-bond donors (Lipinski definition) is 1. The summed E-state index contributed by atoms with van der Waals surface area (Å²) in [7, 11) is 0. The Morgan fingerprint density at radius 2 is 2.44 bits per heavy atom. The molecule has 1 amide bonds. The molecule has 0 spiro atoms. The molecule has 2 rings (SSSR count). The zero-order chi connectivity index (χ0) is 11.5. The molecule has 0 radical (unpaired) electrons. The van der Waals surface area contributed by atoms with E-state index >= 15 is 0 Å². The summed E-state index contributed by atoms with van der Waals surface area (Å²) in [6.07, 6.45) is 6.17. The molecule has 0 saturated heterocycles. The lowest BCUT2D eigenvalue weighted by molar-refractivity contribution is 0.237. The molecule has 6 nitrogen and oxygen atoms in total. The van der Waals surface area contributed by atoms with Gasteiger partial charge in [-0.3, -0.25) is 4.57 Å². The van der Waals surface area contributed by atoms with Crippen LogP contribution in [-0.2, 0) is 0 Å². The first-order valence-corrected chi connectivity index (χ1v) is 4.88. The second kappa shape index (κ2) is 4.18. The van der Waals surface area contributed by atoms with Crippen molar-refractivity contribution in [3.8, 4) is 0 Å². The number of aromatic nitrogens is 3. The molecular weight excluding hydrogens is 208 g/mol. The predicted molar refractivity (Wildman–Crippen MR) is 55.8 cm³/mol. The van der Waals surface area contributed by atoms with E-state index in [1.54, 1.807) is 32.4 Å². The highest BCUT2D eigenvalue weighted by molar-refractivity contribution is 5.76. The topological polar surface area (TPSA) is 73.0 Å². The second-order valence-electron chi connectivity index (χ2n) is 3.45. The number of carbonyl (C=O) groups excluding carboxylic acids is 1. The number of aryl methyl sites for hydroxylation is 1. The van der Waals surface area contributed by atoms with Crippen LogP contribution in [0.25, 0.3) is 0 Å². The minimum atomic E-state index is -0.274. The molecule has 1 unspecified atom stereocenters. The fourth-order valence-corrected chi connectivity index (χ4v) is 1.27. The van der Waals surface area contributed by atoms with Crippen molar-refractivity contribution in [1.82, 2.24) is 19.9 Å². The van der Waals surface area contributed by atoms with Gasteiger partial charge < -0.3 is 9.73 Å². The van der Waals surface area contributed by atoms with Gasteiger partial charge in [-0.1, -0.05) is 0 Å². The molecule has 0 fully saturated rings. The number of hydrogen-bond acceptors (Lipinski definition) is 4. The number of carbonyl (C=O) groups is 1. The van der Waals surface area contributed by atoms with Gasteiger partial charge in [0, 0.05) is 12.4 Å². The number of nitrogens with one attached hydrogen (secondary N) is 1. The quantitative estimate of drug-likeness (QED) is 0.832. The molecular formula is C10H12N4O2. The third kappa shape index (κ3) is 2.10. The van der Waals surface area contributed by atoms with E-state index in [9.17, 15) is 4.79 Å². The number of amides is 1. The van der Waals surface area contributed by atoms with Crippen LogP contribution >= 0.6 is 0 Å². The number of nitrogens with zero attached hydrogens (tertiary/aromatic N) is 3. The van der Waals surface area contributed by atoms with Crippen LogP contribution in [0.1, 0.15) is 24.6 Å². The lowest BCUT2D eigenvalue weighted by atomic mass is 10.3. The molecule has 1 N–H and O–H groups in total. The van der Waals surface area contributed by atoms with Crippen LogP contribution in [0.2, 0.25) is 0 Å². The number of imidazole rings is 1. The lowest BCUT2D eigenvalue weighted by Crippen LogP contribution is -2.30. The maximum Gasteiger partial charge on any atom is 0.327 e. The maximum atomic E-state index is 11.6. The summed E-state index contributed by atoms with van der Waals surface area (Å²) in [6.45, 7) is 3.61. The lowest BCUT2D eigenvalue weighted by Gasteiger charge is -2.09. The van der Waals surface area contributed by atoms with Gasteiger partial charge in [0.25, 0.3) is 0 Å². The Balaban J connectivity index is 2.03. The summed E-state index contributed by atoms with van der Waals surface area (Å²) in [6, 6.07) is -0.538. The standard InChI is InChI=1S/C10H12N4O2/c1-7-5-12-9(16-7)8(2)13-10(15)14-4-3-11-6-14/h3-6,8H,1-2H3,(H,13,15). The number of rotatable bonds is 2. The first kappa shape index (κ1) is 10.4. The molecule has 16 heavy (non-hydrogen) atoms. The molecule has 6 heteroatoms. The highest BCUT2D eigenvalue weighted by Gasteiger charge is 2.14. The van der Waals surface area contributed by atoms with Gasteiger partial charge >= 0.3 is 6.03 Å². The van der Waals surface area contributed by atoms with E-state index in [4.69, 9.17) is 4.42 Å². The van der Waals surface area contributed by atoms with Gasteiger partial charge in [0.05, 0.1) is 6.20 Å². The summed E-state index contributed by atoms with van der Waals surface area (Å²) in [5, 5.41) is 2.74. The van der Waals surface area contributed by atoms with Gasteiger partial charge in [0.2, 0.25) is 5.89 Å². The monoisotopic (exact) mass is 220 g/mol. The zero-order valence-electron chi connectivity index (χ0n) is 9.04. The SMILES string of the molecule is Cc1cnc(C(C)NC(=O)n2ccnc2)o1. The van der Waals surface area contributed by atoms with Crippen molar-refractivity contribution in [3.05, 3.63) is 36.6 Å². The van der Waals surface area contributed by atoms with Crippen LogP contribution in [0.3, 0.4) is 0 Å². The van der Waals surface area contributed by atoms with Crippen molar-refractivity contribution < 1.29 is 9.21 Å². The van der Waals surface area contributed by atoms with Gasteiger partial charge in [-0.2, -0.15) is 0 Å². The molecule has 0 aliphatic rings. The van der Waals surface area contributed by atoms with Crippen molar-refractivity contribution in [3.63, 3.8) is 0 Å². The first-order chi connectivity index (χ1) is 7.66. The highest BCUT2D eigenvalue weighted by Crippen LogP contribution is 2.11. The van der Waals surface area contributed by atoms with Crippen LogP contribution < -0.4 is 5.32 Å². The third-order valence-corrected chi connectivity index (χ3v) is 2.09. The van der Waals surface area contributed by atoms with Crippen molar-refractivity contribution >= 4 is 6.03 Å². The van der Waals surface area contributed by atoms with Gasteiger partial charge in [-0.05, 0) is 13.8 Å². The van der Waals surface area contributed by atoms with Crippen molar-refractivity contribution in [1.29, 1.82) is 0 Å². The van der Waals surface area contributed by atoms with Crippen LogP contribution in [0, 0.1) is 6.92 Å². The maximum absolute atomic E-state index is 11.6. The smallest absolute Gasteiger partial charge is 0.327 e. The molecule has 0 aliphatic heterocycles. The first-order valence-electron chi connectivity index (χ1n) is 4.88. The molecule has 0 aliphatic carbocycles. The molecule has 84 valence electrons. The van der Waals surface area contributed by atoms with E-state index in [0.29, 0.717) is 5.89 Å². The average Bonchev–Trinajstić information content (AvgIpc) is 2.87. The van der Waals surface area contributed by atoms with E-state index in [-0.39, 0.29) is 12.1 Å². The minimum absolute atomic E-state index is 0.263. The van der Waals surface area contributed by atoms with Crippen LogP contribution in [0.4, 0.5) is 4.79 Å². The summed E-state index contributed by atoms with van der Waals surface area (Å²) in [5.41, 5.74) is 0. The third-order valence-electron chi connectivity index (χ3n) is 2.09. The van der Waals surface area contributed by atoms with Crippen molar-refractivity contribution in [2.24, 2.45) is 0 Å². The summed E-state index contributed by atoms with van der Waals surface area (Å²) in [5.74, 6) is 1.21. The fourth-order valence-electron chi connectivity index (χ4n) is 1.27. The largest absolute Gasteiger partial charge is 0.444 e. The second-order valence-corrected chi connectivity index (χ2v) is 3.45. The van der Waals surface area contributed by atoms with Gasteiger partial charge in [0.15, 0.2) is 0 Å². The minimum Gasteiger partial charge on any atom is -0.444 e. The van der Waals surface area contributed by atoms with Crippen molar-refractivity contribution in [2.45, 2.75) is 19.9 Å². The normalized spacial score (nSPS) is 12.4.